The summed E-state index contributed by atoms with van der Waals surface area (Å²) in [5.74, 6) is -2.51. The third kappa shape index (κ3) is 3.43. The Kier molecular flexibility index (Phi) is 4.79. The summed E-state index contributed by atoms with van der Waals surface area (Å²) in [7, 11) is 0. The van der Waals surface area contributed by atoms with Crippen molar-refractivity contribution in [2.45, 2.75) is 46.5 Å². The molecule has 4 heteroatoms. The van der Waals surface area contributed by atoms with Gasteiger partial charge < -0.3 is 5.11 Å². The summed E-state index contributed by atoms with van der Waals surface area (Å²) in [5, 5.41) is 9.29. The maximum atomic E-state index is 12.6. The number of carboxylic acid groups (broad SMARTS) is 1. The Bertz CT molecular complexity index is 607. The topological polar surface area (TPSA) is 71.4 Å². The van der Waals surface area contributed by atoms with Crippen molar-refractivity contribution in [1.29, 1.82) is 0 Å². The zero-order valence-corrected chi connectivity index (χ0v) is 13.3. The van der Waals surface area contributed by atoms with Gasteiger partial charge in [0.15, 0.2) is 0 Å². The van der Waals surface area contributed by atoms with Gasteiger partial charge in [-0.2, -0.15) is 0 Å². The second-order valence-electron chi connectivity index (χ2n) is 6.35. The van der Waals surface area contributed by atoms with Crippen molar-refractivity contribution in [3.63, 3.8) is 0 Å². The smallest absolute Gasteiger partial charge is 0.307 e. The van der Waals surface area contributed by atoms with Crippen molar-refractivity contribution < 1.29 is 19.5 Å². The van der Waals surface area contributed by atoms with E-state index in [1.807, 2.05) is 32.9 Å². The van der Waals surface area contributed by atoms with Crippen LogP contribution in [0.2, 0.25) is 0 Å². The summed E-state index contributed by atoms with van der Waals surface area (Å²) < 4.78 is 0. The van der Waals surface area contributed by atoms with E-state index in [1.165, 1.54) is 0 Å². The molecule has 0 spiro atoms. The minimum Gasteiger partial charge on any atom is -0.481 e. The van der Waals surface area contributed by atoms with Crippen molar-refractivity contribution in [3.8, 4) is 0 Å². The lowest BCUT2D eigenvalue weighted by molar-refractivity contribution is -0.149. The van der Waals surface area contributed by atoms with Crippen LogP contribution < -0.4 is 0 Å². The lowest BCUT2D eigenvalue weighted by atomic mass is 9.75. The monoisotopic (exact) mass is 302 g/mol. The number of carbonyl (C=O) groups is 3. The highest BCUT2D eigenvalue weighted by Crippen LogP contribution is 2.31. The molecule has 1 aliphatic rings. The SMILES string of the molecule is Cc1cc(C)c(CC(=O)C2CC(=O)CCC2C(=O)O)c(C)c1. The molecule has 1 aliphatic carbocycles. The number of benzene rings is 1. The van der Waals surface area contributed by atoms with Crippen LogP contribution in [-0.2, 0) is 20.8 Å². The summed E-state index contributed by atoms with van der Waals surface area (Å²) in [5.41, 5.74) is 4.18. The Morgan fingerprint density at radius 1 is 1.14 bits per heavy atom. The molecule has 22 heavy (non-hydrogen) atoms. The Balaban J connectivity index is 2.23. The molecule has 2 unspecified atom stereocenters. The van der Waals surface area contributed by atoms with Crippen LogP contribution in [0.25, 0.3) is 0 Å². The van der Waals surface area contributed by atoms with E-state index in [4.69, 9.17) is 0 Å². The maximum Gasteiger partial charge on any atom is 0.307 e. The summed E-state index contributed by atoms with van der Waals surface area (Å²) in [6.07, 6.45) is 0.819. The van der Waals surface area contributed by atoms with E-state index in [2.05, 4.69) is 0 Å². The summed E-state index contributed by atoms with van der Waals surface area (Å²) in [4.78, 5) is 35.6. The largest absolute Gasteiger partial charge is 0.481 e. The summed E-state index contributed by atoms with van der Waals surface area (Å²) in [6.45, 7) is 5.93. The molecule has 1 aromatic carbocycles. The molecular weight excluding hydrogens is 280 g/mol. The Hall–Kier alpha value is -1.97. The predicted molar refractivity (Wildman–Crippen MR) is 82.8 cm³/mol. The number of hydrogen-bond donors (Lipinski definition) is 1. The zero-order valence-electron chi connectivity index (χ0n) is 13.3. The molecule has 4 nitrogen and oxygen atoms in total. The van der Waals surface area contributed by atoms with Gasteiger partial charge in [0.05, 0.1) is 5.92 Å². The van der Waals surface area contributed by atoms with Crippen molar-refractivity contribution in [2.24, 2.45) is 11.8 Å². The number of aryl methyl sites for hydroxylation is 3. The first-order valence-electron chi connectivity index (χ1n) is 7.63. The minimum absolute atomic E-state index is 0.00630. The predicted octanol–water partition coefficient (Wildman–Crippen LogP) is 2.79. The molecule has 0 amide bonds. The average molecular weight is 302 g/mol. The minimum atomic E-state index is -0.969. The van der Waals surface area contributed by atoms with Crippen LogP contribution in [0.5, 0.6) is 0 Å². The Labute approximate surface area is 130 Å². The molecule has 1 fully saturated rings. The number of carbonyl (C=O) groups excluding carboxylic acids is 2. The molecular formula is C18H22O4. The zero-order chi connectivity index (χ0) is 16.4. The fraction of sp³-hybridized carbons (Fsp3) is 0.500. The van der Waals surface area contributed by atoms with Crippen LogP contribution in [-0.4, -0.2) is 22.6 Å². The van der Waals surface area contributed by atoms with Crippen LogP contribution >= 0.6 is 0 Å². The first-order valence-corrected chi connectivity index (χ1v) is 7.63. The van der Waals surface area contributed by atoms with Crippen molar-refractivity contribution >= 4 is 17.5 Å². The van der Waals surface area contributed by atoms with Gasteiger partial charge in [-0.25, -0.2) is 0 Å². The average Bonchev–Trinajstić information content (AvgIpc) is 2.42. The van der Waals surface area contributed by atoms with Crippen LogP contribution in [0.3, 0.4) is 0 Å². The van der Waals surface area contributed by atoms with Crippen LogP contribution in [0.15, 0.2) is 12.1 Å². The third-order valence-electron chi connectivity index (χ3n) is 4.59. The van der Waals surface area contributed by atoms with Gasteiger partial charge in [0.1, 0.15) is 11.6 Å². The first kappa shape index (κ1) is 16.4. The van der Waals surface area contributed by atoms with Gasteiger partial charge in [0.25, 0.3) is 0 Å². The van der Waals surface area contributed by atoms with Gasteiger partial charge in [-0.15, -0.1) is 0 Å². The Morgan fingerprint density at radius 2 is 1.73 bits per heavy atom. The van der Waals surface area contributed by atoms with Gasteiger partial charge >= 0.3 is 5.97 Å². The summed E-state index contributed by atoms with van der Waals surface area (Å²) >= 11 is 0. The lowest BCUT2D eigenvalue weighted by Gasteiger charge is -2.27. The maximum absolute atomic E-state index is 12.6. The fourth-order valence-electron chi connectivity index (χ4n) is 3.44. The van der Waals surface area contributed by atoms with E-state index in [0.29, 0.717) is 0 Å². The number of rotatable bonds is 4. The van der Waals surface area contributed by atoms with E-state index < -0.39 is 17.8 Å². The molecule has 0 aliphatic heterocycles. The van der Waals surface area contributed by atoms with Crippen LogP contribution in [0.4, 0.5) is 0 Å². The third-order valence-corrected chi connectivity index (χ3v) is 4.59. The van der Waals surface area contributed by atoms with E-state index in [-0.39, 0.29) is 37.2 Å². The van der Waals surface area contributed by atoms with Gasteiger partial charge in [-0.3, -0.25) is 14.4 Å². The highest BCUT2D eigenvalue weighted by molar-refractivity contribution is 5.94. The van der Waals surface area contributed by atoms with Crippen LogP contribution in [0, 0.1) is 32.6 Å². The van der Waals surface area contributed by atoms with E-state index >= 15 is 0 Å². The van der Waals surface area contributed by atoms with E-state index in [1.54, 1.807) is 0 Å². The molecule has 1 aromatic rings. The number of hydrogen-bond acceptors (Lipinski definition) is 3. The van der Waals surface area contributed by atoms with Crippen molar-refractivity contribution in [2.75, 3.05) is 0 Å². The van der Waals surface area contributed by atoms with Crippen molar-refractivity contribution in [3.05, 3.63) is 34.4 Å². The van der Waals surface area contributed by atoms with Crippen molar-refractivity contribution in [1.82, 2.24) is 0 Å². The second-order valence-corrected chi connectivity index (χ2v) is 6.35. The number of carboxylic acids is 1. The fourth-order valence-corrected chi connectivity index (χ4v) is 3.44. The highest BCUT2D eigenvalue weighted by atomic mass is 16.4. The molecule has 0 saturated heterocycles. The number of aliphatic carboxylic acids is 1. The van der Waals surface area contributed by atoms with E-state index in [9.17, 15) is 19.5 Å². The van der Waals surface area contributed by atoms with E-state index in [0.717, 1.165) is 22.3 Å². The van der Waals surface area contributed by atoms with Gasteiger partial charge in [-0.05, 0) is 43.9 Å². The first-order chi connectivity index (χ1) is 10.3. The molecule has 0 heterocycles. The molecule has 2 atom stereocenters. The standard InChI is InChI=1S/C18H22O4/c1-10-6-11(2)15(12(3)7-10)9-17(20)16-8-13(19)4-5-14(16)18(21)22/h6-7,14,16H,4-5,8-9H2,1-3H3,(H,21,22). The molecule has 0 radical (unpaired) electrons. The molecule has 2 rings (SSSR count). The molecule has 0 aromatic heterocycles. The second kappa shape index (κ2) is 6.42. The van der Waals surface area contributed by atoms with Crippen LogP contribution in [0.1, 0.15) is 41.5 Å². The summed E-state index contributed by atoms with van der Waals surface area (Å²) in [6, 6.07) is 4.05. The molecule has 0 bridgehead atoms. The van der Waals surface area contributed by atoms with Gasteiger partial charge in [0, 0.05) is 25.2 Å². The highest BCUT2D eigenvalue weighted by Gasteiger charge is 2.38. The molecule has 1 N–H and O–H groups in total. The lowest BCUT2D eigenvalue weighted by Crippen LogP contribution is -2.36. The van der Waals surface area contributed by atoms with Gasteiger partial charge in [0.2, 0.25) is 0 Å². The molecule has 118 valence electrons. The molecule has 1 saturated carbocycles. The number of ketones is 2. The quantitative estimate of drug-likeness (QED) is 0.928. The Morgan fingerprint density at radius 3 is 2.27 bits per heavy atom. The number of Topliss-reactive ketones (excluding diaryl/α,β-unsaturated/α-hetero) is 2. The van der Waals surface area contributed by atoms with Gasteiger partial charge in [-0.1, -0.05) is 17.7 Å². The normalized spacial score (nSPS) is 21.7.